The highest BCUT2D eigenvalue weighted by atomic mass is 35.5. The van der Waals surface area contributed by atoms with Gasteiger partial charge in [0.1, 0.15) is 5.60 Å². The third-order valence-corrected chi connectivity index (χ3v) is 4.24. The molecule has 3 heteroatoms. The third-order valence-electron chi connectivity index (χ3n) is 4.16. The SMILES string of the molecule is O=C(Cl)OC12CC3CC(C1)C(C3)C2. The molecule has 13 heavy (non-hydrogen) atoms. The Morgan fingerprint density at radius 1 is 1.23 bits per heavy atom. The Bertz CT molecular complexity index is 244. The zero-order valence-electron chi connectivity index (χ0n) is 7.46. The van der Waals surface area contributed by atoms with E-state index in [1.807, 2.05) is 0 Å². The van der Waals surface area contributed by atoms with Gasteiger partial charge in [-0.25, -0.2) is 4.79 Å². The molecule has 0 spiro atoms. The molecule has 0 amide bonds. The summed E-state index contributed by atoms with van der Waals surface area (Å²) in [7, 11) is 0. The first kappa shape index (κ1) is 8.10. The summed E-state index contributed by atoms with van der Waals surface area (Å²) in [6, 6.07) is 0. The van der Waals surface area contributed by atoms with Gasteiger partial charge in [0, 0.05) is 11.6 Å². The number of hydrogen-bond donors (Lipinski definition) is 0. The molecule has 0 N–H and O–H groups in total. The molecule has 0 heterocycles. The van der Waals surface area contributed by atoms with Crippen molar-refractivity contribution < 1.29 is 9.53 Å². The molecule has 0 radical (unpaired) electrons. The highest BCUT2D eigenvalue weighted by Gasteiger charge is 2.57. The summed E-state index contributed by atoms with van der Waals surface area (Å²) in [5.74, 6) is 2.47. The third kappa shape index (κ3) is 1.11. The second-order valence-electron chi connectivity index (χ2n) is 4.99. The number of carbonyl (C=O) groups is 1. The van der Waals surface area contributed by atoms with Crippen LogP contribution >= 0.6 is 11.6 Å². The minimum Gasteiger partial charge on any atom is -0.447 e. The number of hydrogen-bond acceptors (Lipinski definition) is 2. The van der Waals surface area contributed by atoms with E-state index in [2.05, 4.69) is 0 Å². The summed E-state index contributed by atoms with van der Waals surface area (Å²) >= 11 is 5.30. The van der Waals surface area contributed by atoms with E-state index in [1.165, 1.54) is 12.8 Å². The van der Waals surface area contributed by atoms with Gasteiger partial charge in [-0.3, -0.25) is 0 Å². The zero-order chi connectivity index (χ0) is 9.05. The van der Waals surface area contributed by atoms with E-state index < -0.39 is 5.43 Å². The summed E-state index contributed by atoms with van der Waals surface area (Å²) < 4.78 is 5.30. The van der Waals surface area contributed by atoms with Gasteiger partial charge in [-0.15, -0.1) is 0 Å². The number of halogens is 1. The predicted octanol–water partition coefficient (Wildman–Crippen LogP) is 2.94. The van der Waals surface area contributed by atoms with Gasteiger partial charge < -0.3 is 4.74 Å². The quantitative estimate of drug-likeness (QED) is 0.609. The summed E-state index contributed by atoms with van der Waals surface area (Å²) in [5.41, 5.74) is -0.753. The average molecular weight is 201 g/mol. The van der Waals surface area contributed by atoms with Crippen LogP contribution in [-0.2, 0) is 4.74 Å². The van der Waals surface area contributed by atoms with Crippen molar-refractivity contribution in [3.05, 3.63) is 0 Å². The standard InChI is InChI=1S/C10H13ClO2/c11-9(12)13-10-3-6-1-7(4-10)8(2-6)5-10/h6-8H,1-5H2. The lowest BCUT2D eigenvalue weighted by molar-refractivity contribution is -0.0164. The van der Waals surface area contributed by atoms with E-state index in [-0.39, 0.29) is 5.60 Å². The lowest BCUT2D eigenvalue weighted by Crippen LogP contribution is -2.37. The van der Waals surface area contributed by atoms with Crippen LogP contribution in [0.1, 0.15) is 32.1 Å². The molecule has 0 saturated heterocycles. The lowest BCUT2D eigenvalue weighted by Gasteiger charge is -2.36. The molecule has 0 aromatic heterocycles. The molecule has 4 aliphatic rings. The second kappa shape index (κ2) is 2.41. The first-order valence-corrected chi connectivity index (χ1v) is 5.43. The first-order chi connectivity index (χ1) is 6.17. The van der Waals surface area contributed by atoms with Gasteiger partial charge in [0.05, 0.1) is 0 Å². The van der Waals surface area contributed by atoms with Gasteiger partial charge in [0.25, 0.3) is 0 Å². The van der Waals surface area contributed by atoms with E-state index in [0.717, 1.165) is 37.0 Å². The van der Waals surface area contributed by atoms with E-state index in [0.29, 0.717) is 0 Å². The Hall–Kier alpha value is -0.240. The first-order valence-electron chi connectivity index (χ1n) is 5.05. The van der Waals surface area contributed by atoms with Gasteiger partial charge >= 0.3 is 5.43 Å². The predicted molar refractivity (Wildman–Crippen MR) is 48.6 cm³/mol. The van der Waals surface area contributed by atoms with Crippen LogP contribution in [0.4, 0.5) is 4.79 Å². The normalized spacial score (nSPS) is 51.3. The zero-order valence-corrected chi connectivity index (χ0v) is 8.22. The molecule has 4 bridgehead atoms. The lowest BCUT2D eigenvalue weighted by atomic mass is 9.78. The van der Waals surface area contributed by atoms with Crippen molar-refractivity contribution in [3.8, 4) is 0 Å². The monoisotopic (exact) mass is 200 g/mol. The van der Waals surface area contributed by atoms with Crippen LogP contribution in [-0.4, -0.2) is 11.0 Å². The summed E-state index contributed by atoms with van der Waals surface area (Å²) in [5, 5.41) is 0. The van der Waals surface area contributed by atoms with E-state index >= 15 is 0 Å². The molecule has 2 nitrogen and oxygen atoms in total. The molecular formula is C10H13ClO2. The van der Waals surface area contributed by atoms with Crippen LogP contribution < -0.4 is 0 Å². The van der Waals surface area contributed by atoms with Crippen LogP contribution in [0.5, 0.6) is 0 Å². The fourth-order valence-corrected chi connectivity index (χ4v) is 4.19. The minimum atomic E-state index is -0.609. The van der Waals surface area contributed by atoms with Gasteiger partial charge in [-0.1, -0.05) is 0 Å². The minimum absolute atomic E-state index is 0.144. The van der Waals surface area contributed by atoms with Crippen molar-refractivity contribution in [3.63, 3.8) is 0 Å². The maximum Gasteiger partial charge on any atom is 0.404 e. The second-order valence-corrected chi connectivity index (χ2v) is 5.30. The molecule has 0 aromatic carbocycles. The Balaban J connectivity index is 1.84. The number of rotatable bonds is 1. The number of carbonyl (C=O) groups excluding carboxylic acids is 1. The Labute approximate surface area is 82.6 Å². The fourth-order valence-electron chi connectivity index (χ4n) is 4.03. The molecule has 4 rings (SSSR count). The van der Waals surface area contributed by atoms with E-state index in [4.69, 9.17) is 16.3 Å². The van der Waals surface area contributed by atoms with Crippen LogP contribution in [0.2, 0.25) is 0 Å². The molecule has 2 unspecified atom stereocenters. The molecule has 72 valence electrons. The maximum atomic E-state index is 10.8. The highest BCUT2D eigenvalue weighted by Crippen LogP contribution is 2.61. The highest BCUT2D eigenvalue weighted by molar-refractivity contribution is 6.61. The average Bonchev–Trinajstić information content (AvgIpc) is 2.35. The summed E-state index contributed by atoms with van der Waals surface area (Å²) in [6.45, 7) is 0. The van der Waals surface area contributed by atoms with Crippen molar-refractivity contribution in [1.82, 2.24) is 0 Å². The van der Waals surface area contributed by atoms with Crippen LogP contribution in [0.3, 0.4) is 0 Å². The topological polar surface area (TPSA) is 26.3 Å². The smallest absolute Gasteiger partial charge is 0.404 e. The molecule has 0 aliphatic heterocycles. The van der Waals surface area contributed by atoms with Crippen molar-refractivity contribution in [2.24, 2.45) is 17.8 Å². The fraction of sp³-hybridized carbons (Fsp3) is 0.900. The molecule has 4 fully saturated rings. The van der Waals surface area contributed by atoms with Crippen LogP contribution in [0.25, 0.3) is 0 Å². The van der Waals surface area contributed by atoms with Gasteiger partial charge in [-0.05, 0) is 49.9 Å². The van der Waals surface area contributed by atoms with Crippen molar-refractivity contribution in [1.29, 1.82) is 0 Å². The van der Waals surface area contributed by atoms with E-state index in [9.17, 15) is 4.79 Å². The van der Waals surface area contributed by atoms with Crippen molar-refractivity contribution in [2.45, 2.75) is 37.7 Å². The Morgan fingerprint density at radius 3 is 2.31 bits per heavy atom. The summed E-state index contributed by atoms with van der Waals surface area (Å²) in [4.78, 5) is 10.8. The Kier molecular flexibility index (Phi) is 1.50. The molecule has 2 atom stereocenters. The Morgan fingerprint density at radius 2 is 1.85 bits per heavy atom. The van der Waals surface area contributed by atoms with Gasteiger partial charge in [-0.2, -0.15) is 0 Å². The van der Waals surface area contributed by atoms with Crippen molar-refractivity contribution in [2.75, 3.05) is 0 Å². The van der Waals surface area contributed by atoms with Crippen molar-refractivity contribution >= 4 is 17.0 Å². The molecule has 4 aliphatic carbocycles. The van der Waals surface area contributed by atoms with Gasteiger partial charge in [0.2, 0.25) is 0 Å². The molecular weight excluding hydrogens is 188 g/mol. The summed E-state index contributed by atoms with van der Waals surface area (Å²) in [6.07, 6.45) is 5.95. The van der Waals surface area contributed by atoms with Crippen LogP contribution in [0.15, 0.2) is 0 Å². The maximum absolute atomic E-state index is 10.8. The van der Waals surface area contributed by atoms with Crippen LogP contribution in [0, 0.1) is 17.8 Å². The van der Waals surface area contributed by atoms with Gasteiger partial charge in [0.15, 0.2) is 0 Å². The van der Waals surface area contributed by atoms with E-state index in [1.54, 1.807) is 0 Å². The largest absolute Gasteiger partial charge is 0.447 e. The number of ether oxygens (including phenoxy) is 1. The molecule has 0 aromatic rings. The molecule has 4 saturated carbocycles.